The Labute approximate surface area is 210 Å². The third-order valence-corrected chi connectivity index (χ3v) is 6.39. The number of rotatable bonds is 7. The second-order valence-electron chi connectivity index (χ2n) is 8.90. The summed E-state index contributed by atoms with van der Waals surface area (Å²) in [6.07, 6.45) is 4.04. The van der Waals surface area contributed by atoms with Gasteiger partial charge in [-0.3, -0.25) is 4.90 Å². The number of nitrogens with zero attached hydrogens (tertiary/aromatic N) is 1. The van der Waals surface area contributed by atoms with Crippen molar-refractivity contribution < 1.29 is 24.5 Å². The molecule has 3 heterocycles. The molecule has 3 N–H and O–H groups in total. The number of fused-ring (bicyclic) bond motifs is 3. The molecule has 3 fully saturated rings. The summed E-state index contributed by atoms with van der Waals surface area (Å²) >= 11 is 0. The Morgan fingerprint density at radius 2 is 1.31 bits per heavy atom. The van der Waals surface area contributed by atoms with Gasteiger partial charge in [0.05, 0.1) is 0 Å². The van der Waals surface area contributed by atoms with E-state index >= 15 is 0 Å². The van der Waals surface area contributed by atoms with Gasteiger partial charge >= 0.3 is 11.9 Å². The molecule has 0 saturated carbocycles. The Kier molecular flexibility index (Phi) is 8.36. The molecule has 3 aliphatic rings. The monoisotopic (exact) mass is 486 g/mol. The summed E-state index contributed by atoms with van der Waals surface area (Å²) in [5.74, 6) is -0.793. The summed E-state index contributed by atoms with van der Waals surface area (Å²) in [6.45, 7) is 3.58. The van der Waals surface area contributed by atoms with Crippen molar-refractivity contribution in [3.8, 4) is 16.9 Å². The van der Waals surface area contributed by atoms with E-state index in [0.717, 1.165) is 29.6 Å². The number of para-hydroxylation sites is 1. The van der Waals surface area contributed by atoms with E-state index in [1.54, 1.807) is 0 Å². The molecule has 1 unspecified atom stereocenters. The fourth-order valence-corrected chi connectivity index (χ4v) is 4.52. The number of carboxylic acids is 2. The van der Waals surface area contributed by atoms with Crippen LogP contribution in [0, 0.1) is 5.92 Å². The third kappa shape index (κ3) is 7.20. The van der Waals surface area contributed by atoms with E-state index in [1.807, 2.05) is 18.2 Å². The predicted molar refractivity (Wildman–Crippen MR) is 140 cm³/mol. The number of benzene rings is 3. The van der Waals surface area contributed by atoms with Crippen LogP contribution in [-0.2, 0) is 9.59 Å². The Morgan fingerprint density at radius 1 is 0.778 bits per heavy atom. The van der Waals surface area contributed by atoms with Crippen LogP contribution in [0.1, 0.15) is 12.8 Å². The molecular weight excluding hydrogens is 456 g/mol. The second kappa shape index (κ2) is 12.0. The van der Waals surface area contributed by atoms with Crippen molar-refractivity contribution >= 4 is 23.3 Å². The largest absolute Gasteiger partial charge is 0.489 e. The average Bonchev–Trinajstić information content (AvgIpc) is 2.90. The quantitative estimate of drug-likeness (QED) is 0.391. The number of anilines is 2. The first-order chi connectivity index (χ1) is 17.5. The number of nitrogens with one attached hydrogen (secondary N) is 1. The molecule has 7 nitrogen and oxygen atoms in total. The first-order valence-corrected chi connectivity index (χ1v) is 12.0. The molecule has 1 atom stereocenters. The summed E-state index contributed by atoms with van der Waals surface area (Å²) < 4.78 is 6.31. The van der Waals surface area contributed by atoms with Crippen molar-refractivity contribution in [1.29, 1.82) is 0 Å². The van der Waals surface area contributed by atoms with Gasteiger partial charge in [0.1, 0.15) is 11.9 Å². The molecule has 6 rings (SSSR count). The maximum absolute atomic E-state index is 9.55. The van der Waals surface area contributed by atoms with Gasteiger partial charge in [0.25, 0.3) is 0 Å². The van der Waals surface area contributed by atoms with Crippen LogP contribution < -0.4 is 10.1 Å². The van der Waals surface area contributed by atoms with Crippen LogP contribution in [0.15, 0.2) is 91.0 Å². The van der Waals surface area contributed by atoms with Gasteiger partial charge in [-0.1, -0.05) is 42.5 Å². The van der Waals surface area contributed by atoms with Crippen LogP contribution in [0.3, 0.4) is 0 Å². The molecule has 0 radical (unpaired) electrons. The summed E-state index contributed by atoms with van der Waals surface area (Å²) in [7, 11) is 0. The second-order valence-corrected chi connectivity index (χ2v) is 8.90. The SMILES string of the molecule is O=C(O)C=CC(=O)O.c1ccc(Nc2ccc(-c3ccc(OC4CN5CCC4CC5)cc3)cc2)cc1. The third-order valence-electron chi connectivity index (χ3n) is 6.39. The zero-order valence-corrected chi connectivity index (χ0v) is 19.9. The minimum absolute atomic E-state index is 0.358. The van der Waals surface area contributed by atoms with Gasteiger partial charge in [-0.25, -0.2) is 9.59 Å². The average molecular weight is 487 g/mol. The predicted octanol–water partition coefficient (Wildman–Crippen LogP) is 5.28. The molecule has 2 bridgehead atoms. The Bertz CT molecular complexity index is 1150. The summed E-state index contributed by atoms with van der Waals surface area (Å²) in [6, 6.07) is 27.4. The first kappa shape index (κ1) is 25.0. The lowest BCUT2D eigenvalue weighted by atomic mass is 9.86. The fraction of sp³-hybridized carbons (Fsp3) is 0.241. The summed E-state index contributed by atoms with van der Waals surface area (Å²) in [5.41, 5.74) is 4.63. The smallest absolute Gasteiger partial charge is 0.328 e. The van der Waals surface area contributed by atoms with E-state index in [1.165, 1.54) is 37.1 Å². The molecule has 3 aromatic rings. The van der Waals surface area contributed by atoms with Crippen molar-refractivity contribution in [2.24, 2.45) is 5.92 Å². The molecule has 3 saturated heterocycles. The van der Waals surface area contributed by atoms with Crippen molar-refractivity contribution in [2.75, 3.05) is 25.0 Å². The Morgan fingerprint density at radius 3 is 1.81 bits per heavy atom. The van der Waals surface area contributed by atoms with Gasteiger partial charge in [-0.05, 0) is 79.4 Å². The lowest BCUT2D eigenvalue weighted by Crippen LogP contribution is -2.52. The molecule has 0 spiro atoms. The number of carboxylic acid groups (broad SMARTS) is 2. The maximum atomic E-state index is 9.55. The van der Waals surface area contributed by atoms with Gasteiger partial charge in [0.15, 0.2) is 0 Å². The van der Waals surface area contributed by atoms with Crippen LogP contribution >= 0.6 is 0 Å². The zero-order chi connectivity index (χ0) is 25.3. The number of piperidine rings is 3. The van der Waals surface area contributed by atoms with Gasteiger partial charge < -0.3 is 20.3 Å². The highest BCUT2D eigenvalue weighted by Gasteiger charge is 2.35. The molecule has 0 aromatic heterocycles. The summed E-state index contributed by atoms with van der Waals surface area (Å²) in [5, 5.41) is 19.1. The highest BCUT2D eigenvalue weighted by Crippen LogP contribution is 2.31. The Hall–Kier alpha value is -4.10. The van der Waals surface area contributed by atoms with Crippen molar-refractivity contribution in [3.63, 3.8) is 0 Å². The van der Waals surface area contributed by atoms with Gasteiger partial charge in [0, 0.05) is 30.1 Å². The van der Waals surface area contributed by atoms with Gasteiger partial charge in [-0.2, -0.15) is 0 Å². The Balaban J connectivity index is 0.000000331. The standard InChI is InChI=1S/C25H26N2O.C4H4O4/c1-2-4-22(5-3-1)26-23-10-6-19(7-11-23)20-8-12-24(13-9-20)28-25-18-27-16-14-21(25)15-17-27;5-3(6)1-2-4(7)8/h1-13,21,25-26H,14-18H2;1-2H,(H,5,6)(H,7,8). The maximum Gasteiger partial charge on any atom is 0.328 e. The topological polar surface area (TPSA) is 99.1 Å². The zero-order valence-electron chi connectivity index (χ0n) is 19.9. The lowest BCUT2D eigenvalue weighted by Gasteiger charge is -2.44. The fourth-order valence-electron chi connectivity index (χ4n) is 4.52. The number of hydrogen-bond acceptors (Lipinski definition) is 5. The van der Waals surface area contributed by atoms with Gasteiger partial charge in [-0.15, -0.1) is 0 Å². The summed E-state index contributed by atoms with van der Waals surface area (Å²) in [4.78, 5) is 21.6. The minimum atomic E-state index is -1.26. The number of ether oxygens (including phenoxy) is 1. The van der Waals surface area contributed by atoms with E-state index in [4.69, 9.17) is 14.9 Å². The number of hydrogen-bond donors (Lipinski definition) is 3. The molecule has 186 valence electrons. The molecule has 7 heteroatoms. The normalized spacial score (nSPS) is 20.3. The number of carbonyl (C=O) groups is 2. The lowest BCUT2D eigenvalue weighted by molar-refractivity contribution is -0.134. The van der Waals surface area contributed by atoms with Crippen LogP contribution in [0.4, 0.5) is 11.4 Å². The molecule has 0 amide bonds. The number of aliphatic carboxylic acids is 2. The van der Waals surface area contributed by atoms with E-state index in [2.05, 4.69) is 70.9 Å². The van der Waals surface area contributed by atoms with Gasteiger partial charge in [0.2, 0.25) is 0 Å². The highest BCUT2D eigenvalue weighted by molar-refractivity contribution is 5.89. The van der Waals surface area contributed by atoms with Crippen LogP contribution in [0.25, 0.3) is 11.1 Å². The first-order valence-electron chi connectivity index (χ1n) is 12.0. The van der Waals surface area contributed by atoms with Crippen molar-refractivity contribution in [1.82, 2.24) is 4.90 Å². The van der Waals surface area contributed by atoms with E-state index in [0.29, 0.717) is 18.3 Å². The van der Waals surface area contributed by atoms with Crippen molar-refractivity contribution in [3.05, 3.63) is 91.0 Å². The molecule has 0 aliphatic carbocycles. The highest BCUT2D eigenvalue weighted by atomic mass is 16.5. The van der Waals surface area contributed by atoms with E-state index < -0.39 is 11.9 Å². The minimum Gasteiger partial charge on any atom is -0.489 e. The van der Waals surface area contributed by atoms with Crippen LogP contribution in [0.5, 0.6) is 5.75 Å². The molecular formula is C29H30N2O5. The van der Waals surface area contributed by atoms with Crippen LogP contribution in [-0.4, -0.2) is 52.8 Å². The van der Waals surface area contributed by atoms with Crippen molar-refractivity contribution in [2.45, 2.75) is 18.9 Å². The van der Waals surface area contributed by atoms with E-state index in [-0.39, 0.29) is 0 Å². The molecule has 3 aromatic carbocycles. The molecule has 3 aliphatic heterocycles. The van der Waals surface area contributed by atoms with Crippen LogP contribution in [0.2, 0.25) is 0 Å². The molecule has 36 heavy (non-hydrogen) atoms. The van der Waals surface area contributed by atoms with E-state index in [9.17, 15) is 9.59 Å².